The number of benzene rings is 1. The van der Waals surface area contributed by atoms with Crippen LogP contribution in [0, 0.1) is 6.92 Å². The maximum absolute atomic E-state index is 11.8. The first-order chi connectivity index (χ1) is 10.8. The average molecular weight is 342 g/mol. The van der Waals surface area contributed by atoms with Gasteiger partial charge in [0.1, 0.15) is 0 Å². The molecule has 0 unspecified atom stereocenters. The lowest BCUT2D eigenvalue weighted by Crippen LogP contribution is -2.39. The minimum absolute atomic E-state index is 0.0246. The monoisotopic (exact) mass is 341 g/mol. The van der Waals surface area contributed by atoms with E-state index in [2.05, 4.69) is 10.6 Å². The maximum Gasteiger partial charge on any atom is 0.304 e. The summed E-state index contributed by atoms with van der Waals surface area (Å²) in [4.78, 5) is 35.5. The van der Waals surface area contributed by atoms with Crippen molar-refractivity contribution >= 4 is 35.1 Å². The molecule has 23 heavy (non-hydrogen) atoms. The van der Waals surface area contributed by atoms with E-state index < -0.39 is 5.97 Å². The minimum atomic E-state index is -0.923. The van der Waals surface area contributed by atoms with Crippen LogP contribution in [0.2, 0.25) is 5.02 Å². The van der Waals surface area contributed by atoms with E-state index in [-0.39, 0.29) is 37.9 Å². The Morgan fingerprint density at radius 2 is 1.96 bits per heavy atom. The van der Waals surface area contributed by atoms with Crippen molar-refractivity contribution in [1.82, 2.24) is 10.2 Å². The Kier molecular flexibility index (Phi) is 7.50. The molecule has 0 aliphatic rings. The number of hydrogen-bond acceptors (Lipinski definition) is 4. The second-order valence-electron chi connectivity index (χ2n) is 5.12. The van der Waals surface area contributed by atoms with E-state index in [0.717, 1.165) is 5.56 Å². The molecule has 0 radical (unpaired) electrons. The van der Waals surface area contributed by atoms with Crippen LogP contribution in [0.1, 0.15) is 12.0 Å². The van der Waals surface area contributed by atoms with Gasteiger partial charge in [-0.25, -0.2) is 0 Å². The molecule has 0 aliphatic heterocycles. The average Bonchev–Trinajstić information content (AvgIpc) is 2.48. The number of halogens is 1. The fourth-order valence-electron chi connectivity index (χ4n) is 1.78. The van der Waals surface area contributed by atoms with Gasteiger partial charge in [-0.05, 0) is 31.7 Å². The molecule has 0 bridgehead atoms. The van der Waals surface area contributed by atoms with Gasteiger partial charge in [0.25, 0.3) is 0 Å². The Morgan fingerprint density at radius 3 is 2.61 bits per heavy atom. The Balaban J connectivity index is 2.36. The van der Waals surface area contributed by atoms with Crippen molar-refractivity contribution < 1.29 is 19.5 Å². The first-order valence-electron chi connectivity index (χ1n) is 7.01. The zero-order valence-corrected chi connectivity index (χ0v) is 13.8. The largest absolute Gasteiger partial charge is 0.481 e. The third-order valence-electron chi connectivity index (χ3n) is 3.11. The number of carbonyl (C=O) groups excluding carboxylic acids is 2. The molecule has 0 fully saturated rings. The van der Waals surface area contributed by atoms with E-state index in [9.17, 15) is 14.4 Å². The molecule has 0 heterocycles. The van der Waals surface area contributed by atoms with Crippen molar-refractivity contribution in [1.29, 1.82) is 0 Å². The summed E-state index contributed by atoms with van der Waals surface area (Å²) in [6.07, 6.45) is -0.0433. The van der Waals surface area contributed by atoms with Crippen molar-refractivity contribution in [3.63, 3.8) is 0 Å². The second kappa shape index (κ2) is 9.12. The van der Waals surface area contributed by atoms with Crippen LogP contribution in [0.4, 0.5) is 5.69 Å². The number of rotatable bonds is 8. The van der Waals surface area contributed by atoms with E-state index in [1.807, 2.05) is 0 Å². The van der Waals surface area contributed by atoms with Crippen LogP contribution in [0.3, 0.4) is 0 Å². The van der Waals surface area contributed by atoms with Gasteiger partial charge in [0.2, 0.25) is 11.8 Å². The second-order valence-corrected chi connectivity index (χ2v) is 5.53. The number of hydrogen-bond donors (Lipinski definition) is 3. The van der Waals surface area contributed by atoms with Crippen molar-refractivity contribution in [3.05, 3.63) is 28.8 Å². The number of nitrogens with zero attached hydrogens (tertiary/aromatic N) is 1. The van der Waals surface area contributed by atoms with Crippen molar-refractivity contribution in [2.24, 2.45) is 0 Å². The van der Waals surface area contributed by atoms with E-state index in [1.54, 1.807) is 37.1 Å². The van der Waals surface area contributed by atoms with Gasteiger partial charge >= 0.3 is 5.97 Å². The number of amides is 2. The molecule has 0 aliphatic carbocycles. The van der Waals surface area contributed by atoms with Gasteiger partial charge in [-0.3, -0.25) is 19.3 Å². The van der Waals surface area contributed by atoms with Crippen molar-refractivity contribution in [2.45, 2.75) is 13.3 Å². The van der Waals surface area contributed by atoms with Crippen LogP contribution in [0.15, 0.2) is 18.2 Å². The maximum atomic E-state index is 11.8. The van der Waals surface area contributed by atoms with Crippen LogP contribution in [0.25, 0.3) is 0 Å². The third-order valence-corrected chi connectivity index (χ3v) is 3.52. The summed E-state index contributed by atoms with van der Waals surface area (Å²) in [5.41, 5.74) is 1.34. The van der Waals surface area contributed by atoms with E-state index in [0.29, 0.717) is 10.7 Å². The Labute approximate surface area is 139 Å². The van der Waals surface area contributed by atoms with E-state index >= 15 is 0 Å². The fraction of sp³-hybridized carbons (Fsp3) is 0.400. The number of nitrogens with one attached hydrogen (secondary N) is 2. The van der Waals surface area contributed by atoms with Crippen molar-refractivity contribution in [3.8, 4) is 0 Å². The fourth-order valence-corrected chi connectivity index (χ4v) is 1.96. The lowest BCUT2D eigenvalue weighted by atomic mass is 10.2. The molecule has 126 valence electrons. The summed E-state index contributed by atoms with van der Waals surface area (Å²) in [6, 6.07) is 5.17. The first-order valence-corrected chi connectivity index (χ1v) is 7.39. The lowest BCUT2D eigenvalue weighted by molar-refractivity contribution is -0.137. The zero-order valence-electron chi connectivity index (χ0n) is 13.1. The van der Waals surface area contributed by atoms with Crippen LogP contribution < -0.4 is 10.6 Å². The molecule has 0 saturated heterocycles. The Bertz CT molecular complexity index is 592. The highest BCUT2D eigenvalue weighted by Gasteiger charge is 2.11. The number of aliphatic carboxylic acids is 1. The van der Waals surface area contributed by atoms with Gasteiger partial charge in [0.05, 0.1) is 19.5 Å². The Hall–Kier alpha value is -2.12. The molecule has 0 saturated carbocycles. The smallest absolute Gasteiger partial charge is 0.304 e. The number of anilines is 1. The molecule has 1 aromatic carbocycles. The molecular formula is C15H20ClN3O4. The molecule has 1 aromatic rings. The highest BCUT2D eigenvalue weighted by molar-refractivity contribution is 6.31. The minimum Gasteiger partial charge on any atom is -0.481 e. The van der Waals surface area contributed by atoms with Gasteiger partial charge in [-0.1, -0.05) is 17.7 Å². The van der Waals surface area contributed by atoms with Gasteiger partial charge < -0.3 is 15.7 Å². The van der Waals surface area contributed by atoms with Gasteiger partial charge in [-0.15, -0.1) is 0 Å². The molecule has 3 N–H and O–H groups in total. The third kappa shape index (κ3) is 7.12. The van der Waals surface area contributed by atoms with Crippen LogP contribution >= 0.6 is 11.6 Å². The van der Waals surface area contributed by atoms with Gasteiger partial charge in [0.15, 0.2) is 0 Å². The topological polar surface area (TPSA) is 98.7 Å². The first kappa shape index (κ1) is 18.9. The van der Waals surface area contributed by atoms with Gasteiger partial charge in [0, 0.05) is 17.3 Å². The zero-order chi connectivity index (χ0) is 17.4. The number of carboxylic acids is 1. The lowest BCUT2D eigenvalue weighted by Gasteiger charge is -2.15. The van der Waals surface area contributed by atoms with E-state index in [1.165, 1.54) is 0 Å². The summed E-state index contributed by atoms with van der Waals surface area (Å²) in [6.45, 7) is 1.90. The summed E-state index contributed by atoms with van der Waals surface area (Å²) >= 11 is 5.97. The number of carbonyl (C=O) groups is 3. The summed E-state index contributed by atoms with van der Waals surface area (Å²) < 4.78 is 0. The standard InChI is InChI=1S/C15H20ClN3O4/c1-10-11(16)4-3-5-12(10)18-13(20)8-17-14(21)9-19(2)7-6-15(22)23/h3-5H,6-9H2,1-2H3,(H,17,21)(H,18,20)(H,22,23). The molecule has 2 amide bonds. The van der Waals surface area contributed by atoms with Gasteiger partial charge in [-0.2, -0.15) is 0 Å². The van der Waals surface area contributed by atoms with Crippen LogP contribution in [-0.2, 0) is 14.4 Å². The Morgan fingerprint density at radius 1 is 1.26 bits per heavy atom. The predicted molar refractivity (Wildman–Crippen MR) is 87.6 cm³/mol. The number of carboxylic acid groups (broad SMARTS) is 1. The predicted octanol–water partition coefficient (Wildman–Crippen LogP) is 1.11. The van der Waals surface area contributed by atoms with Crippen LogP contribution in [-0.4, -0.2) is 54.5 Å². The highest BCUT2D eigenvalue weighted by atomic mass is 35.5. The number of likely N-dealkylation sites (N-methyl/N-ethyl adjacent to an activating group) is 1. The van der Waals surface area contributed by atoms with Crippen LogP contribution in [0.5, 0.6) is 0 Å². The molecule has 1 rings (SSSR count). The molecule has 0 spiro atoms. The SMILES string of the molecule is Cc1c(Cl)cccc1NC(=O)CNC(=O)CN(C)CCC(=O)O. The normalized spacial score (nSPS) is 10.4. The molecule has 0 atom stereocenters. The summed E-state index contributed by atoms with van der Waals surface area (Å²) in [7, 11) is 1.64. The quantitative estimate of drug-likeness (QED) is 0.658. The highest BCUT2D eigenvalue weighted by Crippen LogP contribution is 2.22. The molecule has 0 aromatic heterocycles. The molecular weight excluding hydrogens is 322 g/mol. The van der Waals surface area contributed by atoms with E-state index in [4.69, 9.17) is 16.7 Å². The van der Waals surface area contributed by atoms with Crippen molar-refractivity contribution in [2.75, 3.05) is 32.0 Å². The molecule has 7 nitrogen and oxygen atoms in total. The summed E-state index contributed by atoms with van der Waals surface area (Å²) in [5, 5.41) is 14.3. The molecule has 8 heteroatoms. The summed E-state index contributed by atoms with van der Waals surface area (Å²) in [5.74, 6) is -1.64.